The number of hydrazine groups is 1. The molecule has 110 valence electrons. The fourth-order valence-electron chi connectivity index (χ4n) is 1.55. The predicted molar refractivity (Wildman–Crippen MR) is 89.5 cm³/mol. The van der Waals surface area contributed by atoms with Crippen LogP contribution >= 0.6 is 39.0 Å². The Hall–Kier alpha value is -1.31. The van der Waals surface area contributed by atoms with Gasteiger partial charge in [-0.25, -0.2) is 0 Å². The minimum Gasteiger partial charge on any atom is -0.272 e. The van der Waals surface area contributed by atoms with E-state index in [4.69, 9.17) is 0 Å². The molecule has 21 heavy (non-hydrogen) atoms. The van der Waals surface area contributed by atoms with Crippen molar-refractivity contribution < 1.29 is 9.59 Å². The summed E-state index contributed by atoms with van der Waals surface area (Å²) in [5.74, 6) is -0.303. The number of nitrogens with one attached hydrogen (secondary N) is 2. The maximum atomic E-state index is 11.7. The van der Waals surface area contributed by atoms with Crippen LogP contribution in [0.1, 0.15) is 15.2 Å². The minimum absolute atomic E-state index is 0.243. The van der Waals surface area contributed by atoms with E-state index in [0.29, 0.717) is 4.88 Å². The quantitative estimate of drug-likeness (QED) is 0.627. The molecule has 0 unspecified atom stereocenters. The summed E-state index contributed by atoms with van der Waals surface area (Å²) >= 11 is 6.16. The Morgan fingerprint density at radius 3 is 2.76 bits per heavy atom. The van der Waals surface area contributed by atoms with Crippen LogP contribution in [-0.4, -0.2) is 17.6 Å². The Morgan fingerprint density at radius 1 is 1.29 bits per heavy atom. The van der Waals surface area contributed by atoms with Crippen LogP contribution in [0.25, 0.3) is 0 Å². The standard InChI is InChI=1S/C14H13BrN2O2S2/c1-9-7-10(15)4-5-11(9)21-8-13(18)16-17-14(19)12-3-2-6-20-12/h2-7H,8H2,1H3,(H,16,18)(H,17,19). The third kappa shape index (κ3) is 4.87. The van der Waals surface area contributed by atoms with E-state index in [1.54, 1.807) is 12.1 Å². The number of hydrogen-bond acceptors (Lipinski definition) is 4. The summed E-state index contributed by atoms with van der Waals surface area (Å²) in [5, 5.41) is 1.81. The maximum absolute atomic E-state index is 11.7. The fraction of sp³-hybridized carbons (Fsp3) is 0.143. The molecule has 0 spiro atoms. The van der Waals surface area contributed by atoms with Gasteiger partial charge in [-0.05, 0) is 42.1 Å². The van der Waals surface area contributed by atoms with Crippen molar-refractivity contribution in [3.05, 3.63) is 50.6 Å². The van der Waals surface area contributed by atoms with Crippen molar-refractivity contribution in [3.63, 3.8) is 0 Å². The Morgan fingerprint density at radius 2 is 2.10 bits per heavy atom. The molecule has 1 heterocycles. The van der Waals surface area contributed by atoms with Crippen molar-refractivity contribution in [2.75, 3.05) is 5.75 Å². The number of hydrogen-bond donors (Lipinski definition) is 2. The maximum Gasteiger partial charge on any atom is 0.279 e. The van der Waals surface area contributed by atoms with Gasteiger partial charge in [0.15, 0.2) is 0 Å². The van der Waals surface area contributed by atoms with E-state index in [2.05, 4.69) is 26.8 Å². The molecule has 4 nitrogen and oxygen atoms in total. The van der Waals surface area contributed by atoms with E-state index in [-0.39, 0.29) is 17.6 Å². The zero-order chi connectivity index (χ0) is 15.2. The normalized spacial score (nSPS) is 10.2. The second-order valence-corrected chi connectivity index (χ2v) is 7.06. The second-order valence-electron chi connectivity index (χ2n) is 4.18. The summed E-state index contributed by atoms with van der Waals surface area (Å²) < 4.78 is 1.01. The Kier molecular flexibility index (Phi) is 5.84. The molecule has 0 saturated heterocycles. The Bertz CT molecular complexity index is 644. The van der Waals surface area contributed by atoms with Crippen molar-refractivity contribution in [2.24, 2.45) is 0 Å². The zero-order valence-electron chi connectivity index (χ0n) is 11.2. The van der Waals surface area contributed by atoms with E-state index >= 15 is 0 Å². The van der Waals surface area contributed by atoms with Crippen molar-refractivity contribution >= 4 is 50.8 Å². The van der Waals surface area contributed by atoms with Gasteiger partial charge < -0.3 is 0 Å². The monoisotopic (exact) mass is 384 g/mol. The molecule has 0 fully saturated rings. The first-order valence-corrected chi connectivity index (χ1v) is 8.74. The van der Waals surface area contributed by atoms with Gasteiger partial charge in [-0.15, -0.1) is 23.1 Å². The molecule has 2 N–H and O–H groups in total. The highest BCUT2D eigenvalue weighted by atomic mass is 79.9. The van der Waals surface area contributed by atoms with Crippen LogP contribution in [0, 0.1) is 6.92 Å². The molecule has 0 atom stereocenters. The molecule has 0 bridgehead atoms. The molecule has 0 aliphatic heterocycles. The van der Waals surface area contributed by atoms with Crippen LogP contribution in [0.2, 0.25) is 0 Å². The number of thioether (sulfide) groups is 1. The highest BCUT2D eigenvalue weighted by Crippen LogP contribution is 2.24. The lowest BCUT2D eigenvalue weighted by atomic mass is 10.2. The molecule has 7 heteroatoms. The van der Waals surface area contributed by atoms with Crippen LogP contribution in [0.15, 0.2) is 45.1 Å². The van der Waals surface area contributed by atoms with Crippen molar-refractivity contribution in [1.29, 1.82) is 0 Å². The molecule has 0 aliphatic rings. The second kappa shape index (κ2) is 7.63. The number of carbonyl (C=O) groups is 2. The first-order valence-electron chi connectivity index (χ1n) is 6.08. The number of rotatable bonds is 4. The average Bonchev–Trinajstić information content (AvgIpc) is 2.98. The van der Waals surface area contributed by atoms with E-state index in [1.807, 2.05) is 30.5 Å². The Labute approximate surface area is 139 Å². The molecule has 2 rings (SSSR count). The van der Waals surface area contributed by atoms with Crippen LogP contribution < -0.4 is 10.9 Å². The summed E-state index contributed by atoms with van der Waals surface area (Å²) in [7, 11) is 0. The van der Waals surface area contributed by atoms with Crippen LogP contribution in [0.3, 0.4) is 0 Å². The molecular weight excluding hydrogens is 372 g/mol. The van der Waals surface area contributed by atoms with Gasteiger partial charge in [0.1, 0.15) is 0 Å². The summed E-state index contributed by atoms with van der Waals surface area (Å²) in [6.45, 7) is 1.99. The van der Waals surface area contributed by atoms with Crippen LogP contribution in [-0.2, 0) is 4.79 Å². The molecule has 2 amide bonds. The van der Waals surface area contributed by atoms with Gasteiger partial charge in [-0.1, -0.05) is 22.0 Å². The number of benzene rings is 1. The smallest absolute Gasteiger partial charge is 0.272 e. The number of carbonyl (C=O) groups excluding carboxylic acids is 2. The van der Waals surface area contributed by atoms with E-state index < -0.39 is 0 Å². The van der Waals surface area contributed by atoms with Gasteiger partial charge in [0, 0.05) is 9.37 Å². The molecule has 2 aromatic rings. The third-order valence-corrected chi connectivity index (χ3v) is 5.09. The lowest BCUT2D eigenvalue weighted by Gasteiger charge is -2.08. The summed E-state index contributed by atoms with van der Waals surface area (Å²) in [6.07, 6.45) is 0. The van der Waals surface area contributed by atoms with Crippen molar-refractivity contribution in [1.82, 2.24) is 10.9 Å². The summed E-state index contributed by atoms with van der Waals surface area (Å²) in [6, 6.07) is 9.38. The van der Waals surface area contributed by atoms with E-state index in [9.17, 15) is 9.59 Å². The minimum atomic E-state index is -0.303. The van der Waals surface area contributed by atoms with Crippen LogP contribution in [0.4, 0.5) is 0 Å². The summed E-state index contributed by atoms with van der Waals surface area (Å²) in [4.78, 5) is 25.0. The number of aryl methyl sites for hydroxylation is 1. The number of thiophene rings is 1. The first-order chi connectivity index (χ1) is 10.1. The average molecular weight is 385 g/mol. The van der Waals surface area contributed by atoms with Gasteiger partial charge in [0.25, 0.3) is 5.91 Å². The lowest BCUT2D eigenvalue weighted by molar-refractivity contribution is -0.119. The van der Waals surface area contributed by atoms with Gasteiger partial charge in [0.05, 0.1) is 10.6 Å². The molecule has 0 saturated carbocycles. The topological polar surface area (TPSA) is 58.2 Å². The molecular formula is C14H13BrN2O2S2. The lowest BCUT2D eigenvalue weighted by Crippen LogP contribution is -2.42. The highest BCUT2D eigenvalue weighted by molar-refractivity contribution is 9.10. The molecule has 1 aromatic heterocycles. The summed E-state index contributed by atoms with van der Waals surface area (Å²) in [5.41, 5.74) is 5.91. The molecule has 0 radical (unpaired) electrons. The van der Waals surface area contributed by atoms with Gasteiger partial charge >= 0.3 is 0 Å². The van der Waals surface area contributed by atoms with Crippen molar-refractivity contribution in [3.8, 4) is 0 Å². The highest BCUT2D eigenvalue weighted by Gasteiger charge is 2.09. The molecule has 1 aromatic carbocycles. The van der Waals surface area contributed by atoms with Gasteiger partial charge in [0.2, 0.25) is 5.91 Å². The van der Waals surface area contributed by atoms with Gasteiger partial charge in [-0.2, -0.15) is 0 Å². The van der Waals surface area contributed by atoms with E-state index in [1.165, 1.54) is 23.1 Å². The predicted octanol–water partition coefficient (Wildman–Crippen LogP) is 3.37. The van der Waals surface area contributed by atoms with Gasteiger partial charge in [-0.3, -0.25) is 20.4 Å². The fourth-order valence-corrected chi connectivity index (χ4v) is 3.45. The zero-order valence-corrected chi connectivity index (χ0v) is 14.4. The SMILES string of the molecule is Cc1cc(Br)ccc1SCC(=O)NNC(=O)c1cccs1. The van der Waals surface area contributed by atoms with Crippen LogP contribution in [0.5, 0.6) is 0 Å². The van der Waals surface area contributed by atoms with E-state index in [0.717, 1.165) is 14.9 Å². The van der Waals surface area contributed by atoms with Crippen molar-refractivity contribution in [2.45, 2.75) is 11.8 Å². The number of halogens is 1. The molecule has 0 aliphatic carbocycles. The first kappa shape index (κ1) is 16.1. The third-order valence-electron chi connectivity index (χ3n) is 2.56. The Balaban J connectivity index is 1.78. The number of amides is 2. The largest absolute Gasteiger partial charge is 0.279 e.